The Morgan fingerprint density at radius 2 is 1.89 bits per heavy atom. The number of hydrogen-bond acceptors (Lipinski definition) is 5. The summed E-state index contributed by atoms with van der Waals surface area (Å²) < 4.78 is 16.4. The van der Waals surface area contributed by atoms with Gasteiger partial charge in [-0.05, 0) is 37.6 Å². The third-order valence-electron chi connectivity index (χ3n) is 5.17. The van der Waals surface area contributed by atoms with Crippen molar-refractivity contribution in [2.75, 3.05) is 34.4 Å². The summed E-state index contributed by atoms with van der Waals surface area (Å²) in [5.41, 5.74) is 1.69. The molecule has 3 rings (SSSR count). The van der Waals surface area contributed by atoms with Crippen molar-refractivity contribution < 1.29 is 19.0 Å². The molecule has 1 aliphatic rings. The summed E-state index contributed by atoms with van der Waals surface area (Å²) in [5, 5.41) is 0.591. The molecule has 1 atom stereocenters. The topological polar surface area (TPSA) is 48.0 Å². The molecule has 0 radical (unpaired) electrons. The number of benzene rings is 2. The Balaban J connectivity index is 1.76. The fourth-order valence-corrected chi connectivity index (χ4v) is 4.01. The molecule has 0 aliphatic carbocycles. The summed E-state index contributed by atoms with van der Waals surface area (Å²) in [6, 6.07) is 11.1. The summed E-state index contributed by atoms with van der Waals surface area (Å²) in [5.74, 6) is 2.02. The van der Waals surface area contributed by atoms with Gasteiger partial charge in [-0.1, -0.05) is 29.8 Å². The molecule has 1 fully saturated rings. The molecule has 1 heterocycles. The molecule has 0 bridgehead atoms. The predicted octanol–water partition coefficient (Wildman–Crippen LogP) is 4.46. The highest BCUT2D eigenvalue weighted by Gasteiger charge is 2.28. The molecule has 2 aromatic rings. The van der Waals surface area contributed by atoms with Gasteiger partial charge in [0.25, 0.3) is 0 Å². The number of nitrogens with zero attached hydrogens (tertiary/aromatic N) is 1. The second-order valence-electron chi connectivity index (χ2n) is 6.94. The summed E-state index contributed by atoms with van der Waals surface area (Å²) in [6.07, 6.45) is 1.87. The molecule has 0 saturated carbocycles. The summed E-state index contributed by atoms with van der Waals surface area (Å²) in [7, 11) is 4.83. The number of ether oxygens (including phenoxy) is 3. The van der Waals surface area contributed by atoms with Gasteiger partial charge in [0.05, 0.1) is 21.3 Å². The molecule has 0 amide bonds. The van der Waals surface area contributed by atoms with Crippen LogP contribution < -0.4 is 14.2 Å². The van der Waals surface area contributed by atoms with Crippen LogP contribution in [0.4, 0.5) is 0 Å². The number of rotatable bonds is 7. The highest BCUT2D eigenvalue weighted by molar-refractivity contribution is 6.31. The zero-order valence-corrected chi connectivity index (χ0v) is 17.3. The first-order valence-corrected chi connectivity index (χ1v) is 9.75. The highest BCUT2D eigenvalue weighted by atomic mass is 35.5. The van der Waals surface area contributed by atoms with Gasteiger partial charge in [0.1, 0.15) is 0 Å². The second-order valence-corrected chi connectivity index (χ2v) is 7.38. The Kier molecular flexibility index (Phi) is 6.81. The van der Waals surface area contributed by atoms with Gasteiger partial charge in [-0.25, -0.2) is 0 Å². The lowest BCUT2D eigenvalue weighted by Crippen LogP contribution is -2.38. The number of hydrogen-bond donors (Lipinski definition) is 0. The van der Waals surface area contributed by atoms with E-state index >= 15 is 0 Å². The lowest BCUT2D eigenvalue weighted by Gasteiger charge is -2.32. The van der Waals surface area contributed by atoms with Crippen molar-refractivity contribution in [2.45, 2.75) is 19.4 Å². The molecule has 150 valence electrons. The van der Waals surface area contributed by atoms with Gasteiger partial charge in [-0.15, -0.1) is 0 Å². The average Bonchev–Trinajstić information content (AvgIpc) is 2.72. The fourth-order valence-electron chi connectivity index (χ4n) is 3.82. The van der Waals surface area contributed by atoms with Crippen LogP contribution in [0.5, 0.6) is 17.2 Å². The molecule has 6 heteroatoms. The number of halogens is 1. The van der Waals surface area contributed by atoms with Crippen molar-refractivity contribution in [3.63, 3.8) is 0 Å². The maximum Gasteiger partial charge on any atom is 0.203 e. The van der Waals surface area contributed by atoms with Crippen molar-refractivity contribution >= 4 is 17.4 Å². The molecule has 0 spiro atoms. The van der Waals surface area contributed by atoms with Crippen molar-refractivity contribution in [1.29, 1.82) is 0 Å². The molecule has 2 aromatic carbocycles. The van der Waals surface area contributed by atoms with Crippen LogP contribution in [0, 0.1) is 5.92 Å². The smallest absolute Gasteiger partial charge is 0.203 e. The Hall–Kier alpha value is -2.24. The van der Waals surface area contributed by atoms with E-state index in [2.05, 4.69) is 4.90 Å². The Morgan fingerprint density at radius 3 is 2.57 bits per heavy atom. The fraction of sp³-hybridized carbons (Fsp3) is 0.409. The molecule has 0 N–H and O–H groups in total. The highest BCUT2D eigenvalue weighted by Crippen LogP contribution is 2.40. The number of likely N-dealkylation sites (tertiary alicyclic amines) is 1. The first-order valence-electron chi connectivity index (χ1n) is 9.37. The number of ketones is 1. The van der Waals surface area contributed by atoms with Crippen LogP contribution in [0.2, 0.25) is 5.02 Å². The quantitative estimate of drug-likeness (QED) is 0.639. The van der Waals surface area contributed by atoms with Crippen LogP contribution in [-0.2, 0) is 6.54 Å². The lowest BCUT2D eigenvalue weighted by atomic mass is 9.90. The number of Topliss-reactive ketones (excluding diaryl/α,β-unsaturated/α-hetero) is 1. The zero-order valence-electron chi connectivity index (χ0n) is 16.5. The first-order chi connectivity index (χ1) is 13.6. The minimum Gasteiger partial charge on any atom is -0.493 e. The number of carbonyl (C=O) groups excluding carboxylic acids is 1. The van der Waals surface area contributed by atoms with Gasteiger partial charge in [0.2, 0.25) is 5.75 Å². The Bertz CT molecular complexity index is 839. The van der Waals surface area contributed by atoms with E-state index in [9.17, 15) is 4.79 Å². The summed E-state index contributed by atoms with van der Waals surface area (Å²) >= 11 is 6.05. The standard InChI is InChI=1S/C22H26ClNO4/c1-26-19-10-9-17(21(27-2)22(19)28-3)14-24-11-5-7-16(13-24)20(25)15-6-4-8-18(23)12-15/h4,6,8-10,12,16H,5,7,11,13-14H2,1-3H3/t16-/m0/s1. The SMILES string of the molecule is COc1ccc(CN2CCC[C@H](C(=O)c3cccc(Cl)c3)C2)c(OC)c1OC. The minimum absolute atomic E-state index is 0.0293. The van der Waals surface area contributed by atoms with Crippen LogP contribution in [0.15, 0.2) is 36.4 Å². The zero-order chi connectivity index (χ0) is 20.1. The number of carbonyl (C=O) groups is 1. The van der Waals surface area contributed by atoms with Crippen LogP contribution in [0.3, 0.4) is 0 Å². The first kappa shape index (κ1) is 20.5. The van der Waals surface area contributed by atoms with Crippen molar-refractivity contribution in [1.82, 2.24) is 4.90 Å². The van der Waals surface area contributed by atoms with E-state index in [1.165, 1.54) is 0 Å². The maximum absolute atomic E-state index is 12.9. The second kappa shape index (κ2) is 9.30. The van der Waals surface area contributed by atoms with Gasteiger partial charge < -0.3 is 14.2 Å². The Morgan fingerprint density at radius 1 is 1.11 bits per heavy atom. The number of piperidine rings is 1. The summed E-state index contributed by atoms with van der Waals surface area (Å²) in [4.78, 5) is 15.2. The number of methoxy groups -OCH3 is 3. The van der Waals surface area contributed by atoms with E-state index < -0.39 is 0 Å². The van der Waals surface area contributed by atoms with E-state index in [1.807, 2.05) is 24.3 Å². The van der Waals surface area contributed by atoms with Gasteiger partial charge in [0.15, 0.2) is 17.3 Å². The molecule has 1 saturated heterocycles. The maximum atomic E-state index is 12.9. The van der Waals surface area contributed by atoms with Crippen molar-refractivity contribution in [2.24, 2.45) is 5.92 Å². The third-order valence-corrected chi connectivity index (χ3v) is 5.40. The van der Waals surface area contributed by atoms with E-state index in [0.29, 0.717) is 40.9 Å². The van der Waals surface area contributed by atoms with Gasteiger partial charge >= 0.3 is 0 Å². The van der Waals surface area contributed by atoms with Crippen molar-refractivity contribution in [3.8, 4) is 17.2 Å². The van der Waals surface area contributed by atoms with E-state index in [1.54, 1.807) is 33.5 Å². The lowest BCUT2D eigenvalue weighted by molar-refractivity contribution is 0.0810. The largest absolute Gasteiger partial charge is 0.493 e. The summed E-state index contributed by atoms with van der Waals surface area (Å²) in [6.45, 7) is 2.34. The van der Waals surface area contributed by atoms with E-state index in [0.717, 1.165) is 24.9 Å². The average molecular weight is 404 g/mol. The van der Waals surface area contributed by atoms with Crippen LogP contribution >= 0.6 is 11.6 Å². The Labute approximate surface area is 171 Å². The van der Waals surface area contributed by atoms with Gasteiger partial charge in [-0.2, -0.15) is 0 Å². The van der Waals surface area contributed by atoms with Gasteiger partial charge in [0, 0.05) is 35.2 Å². The molecule has 1 aliphatic heterocycles. The monoisotopic (exact) mass is 403 g/mol. The van der Waals surface area contributed by atoms with Crippen molar-refractivity contribution in [3.05, 3.63) is 52.5 Å². The van der Waals surface area contributed by atoms with E-state index in [4.69, 9.17) is 25.8 Å². The molecular formula is C22H26ClNO4. The third kappa shape index (κ3) is 4.42. The normalized spacial score (nSPS) is 17.2. The van der Waals surface area contributed by atoms with Gasteiger partial charge in [-0.3, -0.25) is 9.69 Å². The molecule has 0 aromatic heterocycles. The molecule has 28 heavy (non-hydrogen) atoms. The van der Waals surface area contributed by atoms with Crippen LogP contribution in [0.1, 0.15) is 28.8 Å². The molecular weight excluding hydrogens is 378 g/mol. The minimum atomic E-state index is -0.0293. The molecule has 5 nitrogen and oxygen atoms in total. The van der Waals surface area contributed by atoms with E-state index in [-0.39, 0.29) is 11.7 Å². The van der Waals surface area contributed by atoms with Crippen LogP contribution in [-0.4, -0.2) is 45.1 Å². The molecule has 0 unspecified atom stereocenters. The van der Waals surface area contributed by atoms with Crippen LogP contribution in [0.25, 0.3) is 0 Å². The predicted molar refractivity (Wildman–Crippen MR) is 110 cm³/mol.